The number of aromatic nitrogens is 1. The van der Waals surface area contributed by atoms with Gasteiger partial charge < -0.3 is 10.6 Å². The first kappa shape index (κ1) is 18.4. The van der Waals surface area contributed by atoms with E-state index < -0.39 is 29.5 Å². The number of amides is 2. The predicted octanol–water partition coefficient (Wildman–Crippen LogP) is 4.66. The molecule has 30 heavy (non-hydrogen) atoms. The zero-order chi connectivity index (χ0) is 20.8. The summed E-state index contributed by atoms with van der Waals surface area (Å²) in [7, 11) is 0. The number of carbonyl (C=O) groups excluding carboxylic acids is 2. The number of anilines is 1. The molecule has 0 saturated heterocycles. The zero-order valence-corrected chi connectivity index (χ0v) is 16.1. The molecule has 0 fully saturated rings. The van der Waals surface area contributed by atoms with Crippen LogP contribution in [0, 0.1) is 11.6 Å². The van der Waals surface area contributed by atoms with Crippen LogP contribution in [-0.2, 0) is 0 Å². The van der Waals surface area contributed by atoms with Gasteiger partial charge >= 0.3 is 0 Å². The van der Waals surface area contributed by atoms with E-state index in [1.54, 1.807) is 24.3 Å². The lowest BCUT2D eigenvalue weighted by molar-refractivity contribution is 0.0959. The van der Waals surface area contributed by atoms with E-state index in [4.69, 9.17) is 0 Å². The lowest BCUT2D eigenvalue weighted by Gasteiger charge is -2.17. The summed E-state index contributed by atoms with van der Waals surface area (Å²) in [6, 6.07) is 14.5. The highest BCUT2D eigenvalue weighted by Gasteiger charge is 2.35. The SMILES string of the molecule is O=C1NC(c2c(F)cccc2F)c2c(NC(=O)c3nsc4ccccc34)cccc21. The first-order chi connectivity index (χ1) is 14.5. The van der Waals surface area contributed by atoms with Gasteiger partial charge in [0.05, 0.1) is 16.3 Å². The third-order valence-electron chi connectivity index (χ3n) is 5.04. The van der Waals surface area contributed by atoms with Gasteiger partial charge in [0.2, 0.25) is 0 Å². The van der Waals surface area contributed by atoms with Crippen LogP contribution in [0.3, 0.4) is 0 Å². The lowest BCUT2D eigenvalue weighted by Crippen LogP contribution is -2.22. The van der Waals surface area contributed by atoms with Gasteiger partial charge in [-0.25, -0.2) is 8.78 Å². The van der Waals surface area contributed by atoms with Crippen molar-refractivity contribution in [3.8, 4) is 0 Å². The molecule has 2 heterocycles. The molecule has 2 amide bonds. The number of fused-ring (bicyclic) bond motifs is 2. The second-order valence-electron chi connectivity index (χ2n) is 6.79. The normalized spacial score (nSPS) is 15.1. The summed E-state index contributed by atoms with van der Waals surface area (Å²) in [5.74, 6) is -2.49. The minimum atomic E-state index is -1.06. The molecule has 1 atom stereocenters. The van der Waals surface area contributed by atoms with Crippen LogP contribution in [0.5, 0.6) is 0 Å². The minimum absolute atomic E-state index is 0.249. The van der Waals surface area contributed by atoms with Crippen LogP contribution >= 0.6 is 11.5 Å². The Bertz CT molecular complexity index is 1310. The van der Waals surface area contributed by atoms with Crippen molar-refractivity contribution in [2.75, 3.05) is 5.32 Å². The van der Waals surface area contributed by atoms with Crippen LogP contribution in [0.4, 0.5) is 14.5 Å². The number of rotatable bonds is 3. The summed E-state index contributed by atoms with van der Waals surface area (Å²) in [6.45, 7) is 0. The Hall–Kier alpha value is -3.65. The van der Waals surface area contributed by atoms with Gasteiger partial charge in [-0.2, -0.15) is 4.37 Å². The Morgan fingerprint density at radius 2 is 1.70 bits per heavy atom. The van der Waals surface area contributed by atoms with E-state index in [1.165, 1.54) is 17.6 Å². The molecular formula is C22H13F2N3O2S. The predicted molar refractivity (Wildman–Crippen MR) is 110 cm³/mol. The van der Waals surface area contributed by atoms with Crippen molar-refractivity contribution in [1.29, 1.82) is 0 Å². The number of benzene rings is 3. The number of nitrogens with one attached hydrogen (secondary N) is 2. The summed E-state index contributed by atoms with van der Waals surface area (Å²) < 4.78 is 34.0. The van der Waals surface area contributed by atoms with E-state index in [9.17, 15) is 18.4 Å². The van der Waals surface area contributed by atoms with Gasteiger partial charge in [0.25, 0.3) is 11.8 Å². The molecule has 148 valence electrons. The molecule has 0 saturated carbocycles. The van der Waals surface area contributed by atoms with E-state index in [2.05, 4.69) is 15.0 Å². The Kier molecular flexibility index (Phi) is 4.29. The third-order valence-corrected chi connectivity index (χ3v) is 5.87. The first-order valence-electron chi connectivity index (χ1n) is 9.08. The Balaban J connectivity index is 1.59. The van der Waals surface area contributed by atoms with Gasteiger partial charge in [-0.1, -0.05) is 30.3 Å². The molecule has 8 heteroatoms. The number of hydrogen-bond donors (Lipinski definition) is 2. The molecule has 0 radical (unpaired) electrons. The van der Waals surface area contributed by atoms with Crippen molar-refractivity contribution < 1.29 is 18.4 Å². The largest absolute Gasteiger partial charge is 0.341 e. The molecule has 0 bridgehead atoms. The highest BCUT2D eigenvalue weighted by Crippen LogP contribution is 2.38. The molecule has 1 aliphatic heterocycles. The van der Waals surface area contributed by atoms with Crippen molar-refractivity contribution >= 4 is 39.1 Å². The fourth-order valence-electron chi connectivity index (χ4n) is 3.70. The van der Waals surface area contributed by atoms with E-state index in [1.807, 2.05) is 18.2 Å². The molecular weight excluding hydrogens is 408 g/mol. The quantitative estimate of drug-likeness (QED) is 0.506. The molecule has 5 nitrogen and oxygen atoms in total. The highest BCUT2D eigenvalue weighted by molar-refractivity contribution is 7.13. The van der Waals surface area contributed by atoms with Crippen LogP contribution in [-0.4, -0.2) is 16.2 Å². The number of halogens is 2. The molecule has 0 spiro atoms. The summed E-state index contributed by atoms with van der Waals surface area (Å²) in [6.07, 6.45) is 0. The van der Waals surface area contributed by atoms with Gasteiger partial charge in [-0.15, -0.1) is 0 Å². The summed E-state index contributed by atoms with van der Waals surface area (Å²) in [5.41, 5.74) is 0.841. The van der Waals surface area contributed by atoms with Crippen molar-refractivity contribution in [1.82, 2.24) is 9.69 Å². The van der Waals surface area contributed by atoms with Crippen LogP contribution in [0.2, 0.25) is 0 Å². The van der Waals surface area contributed by atoms with Crippen molar-refractivity contribution in [2.24, 2.45) is 0 Å². The van der Waals surface area contributed by atoms with Gasteiger partial charge in [0.1, 0.15) is 17.3 Å². The average Bonchev–Trinajstić information content (AvgIpc) is 3.30. The summed E-state index contributed by atoms with van der Waals surface area (Å²) >= 11 is 1.20. The first-order valence-corrected chi connectivity index (χ1v) is 9.85. The maximum Gasteiger partial charge on any atom is 0.276 e. The van der Waals surface area contributed by atoms with Crippen LogP contribution in [0.25, 0.3) is 10.1 Å². The number of nitrogens with zero attached hydrogens (tertiary/aromatic N) is 1. The van der Waals surface area contributed by atoms with E-state index >= 15 is 0 Å². The van der Waals surface area contributed by atoms with Gasteiger partial charge in [-0.05, 0) is 41.9 Å². The fraction of sp³-hybridized carbons (Fsp3) is 0.0455. The average molecular weight is 421 g/mol. The van der Waals surface area contributed by atoms with E-state index in [0.717, 1.165) is 16.8 Å². The number of carbonyl (C=O) groups is 2. The monoisotopic (exact) mass is 421 g/mol. The van der Waals surface area contributed by atoms with Gasteiger partial charge in [0.15, 0.2) is 0 Å². The Morgan fingerprint density at radius 1 is 0.967 bits per heavy atom. The van der Waals surface area contributed by atoms with Crippen molar-refractivity contribution in [2.45, 2.75) is 6.04 Å². The van der Waals surface area contributed by atoms with Crippen LogP contribution in [0.1, 0.15) is 38.0 Å². The number of hydrogen-bond acceptors (Lipinski definition) is 4. The van der Waals surface area contributed by atoms with Crippen molar-refractivity contribution in [3.63, 3.8) is 0 Å². The Labute approximate surface area is 173 Å². The third kappa shape index (κ3) is 2.84. The fourth-order valence-corrected chi connectivity index (χ4v) is 4.47. The highest BCUT2D eigenvalue weighted by atomic mass is 32.1. The summed E-state index contributed by atoms with van der Waals surface area (Å²) in [5, 5.41) is 6.08. The maximum absolute atomic E-state index is 14.4. The van der Waals surface area contributed by atoms with Crippen molar-refractivity contribution in [3.05, 3.63) is 94.7 Å². The van der Waals surface area contributed by atoms with Gasteiger partial charge in [0, 0.05) is 22.2 Å². The molecule has 4 aromatic rings. The molecule has 0 aliphatic carbocycles. The topological polar surface area (TPSA) is 71.1 Å². The van der Waals surface area contributed by atoms with Crippen LogP contribution < -0.4 is 10.6 Å². The molecule has 1 aromatic heterocycles. The molecule has 1 unspecified atom stereocenters. The summed E-state index contributed by atoms with van der Waals surface area (Å²) in [4.78, 5) is 25.4. The van der Waals surface area contributed by atoms with E-state index in [0.29, 0.717) is 16.6 Å². The van der Waals surface area contributed by atoms with Crippen LogP contribution in [0.15, 0.2) is 60.7 Å². The zero-order valence-electron chi connectivity index (χ0n) is 15.3. The molecule has 2 N–H and O–H groups in total. The second-order valence-corrected chi connectivity index (χ2v) is 7.60. The molecule has 1 aliphatic rings. The second kappa shape index (κ2) is 7.00. The smallest absolute Gasteiger partial charge is 0.276 e. The van der Waals surface area contributed by atoms with Gasteiger partial charge in [-0.3, -0.25) is 9.59 Å². The minimum Gasteiger partial charge on any atom is -0.341 e. The lowest BCUT2D eigenvalue weighted by atomic mass is 9.95. The maximum atomic E-state index is 14.4. The molecule has 5 rings (SSSR count). The standard InChI is InChI=1S/C22H13F2N3O2S/c23-13-7-4-8-14(24)18(13)20-17-12(21(28)26-20)6-3-9-15(17)25-22(29)19-11-5-1-2-10-16(11)30-27-19/h1-10,20H,(H,25,29)(H,26,28). The molecule has 3 aromatic carbocycles. The van der Waals surface area contributed by atoms with E-state index in [-0.39, 0.29) is 16.8 Å². The Morgan fingerprint density at radius 3 is 2.50 bits per heavy atom.